The van der Waals surface area contributed by atoms with E-state index < -0.39 is 0 Å². The number of hydrogen-bond acceptors (Lipinski definition) is 7. The molecule has 3 aromatic rings. The fourth-order valence-electron chi connectivity index (χ4n) is 4.34. The van der Waals surface area contributed by atoms with Crippen LogP contribution in [-0.4, -0.2) is 61.5 Å². The number of rotatable bonds is 4. The SMILES string of the molecule is CC(C)N1CCN(c2ccc(Nc3ncc4cc5n(c4n3)CCCC5=S)nc2)CC1. The summed E-state index contributed by atoms with van der Waals surface area (Å²) in [6.45, 7) is 9.73. The van der Waals surface area contributed by atoms with E-state index in [-0.39, 0.29) is 0 Å². The molecule has 5 heterocycles. The summed E-state index contributed by atoms with van der Waals surface area (Å²) in [5, 5.41) is 4.28. The summed E-state index contributed by atoms with van der Waals surface area (Å²) in [5.74, 6) is 1.31. The van der Waals surface area contributed by atoms with E-state index in [1.807, 2.05) is 18.5 Å². The number of nitrogens with zero attached hydrogens (tertiary/aromatic N) is 6. The van der Waals surface area contributed by atoms with Crippen molar-refractivity contribution in [1.82, 2.24) is 24.4 Å². The van der Waals surface area contributed by atoms with Gasteiger partial charge in [-0.1, -0.05) is 12.2 Å². The molecule has 0 aliphatic carbocycles. The van der Waals surface area contributed by atoms with Gasteiger partial charge in [0.25, 0.3) is 0 Å². The fourth-order valence-corrected chi connectivity index (χ4v) is 4.65. The minimum Gasteiger partial charge on any atom is -0.368 e. The molecular formula is C22H27N7S. The average molecular weight is 422 g/mol. The maximum Gasteiger partial charge on any atom is 0.230 e. The first-order valence-corrected chi connectivity index (χ1v) is 11.1. The lowest BCUT2D eigenvalue weighted by molar-refractivity contribution is 0.209. The Labute approximate surface area is 182 Å². The summed E-state index contributed by atoms with van der Waals surface area (Å²) < 4.78 is 2.21. The number of hydrogen-bond donors (Lipinski definition) is 1. The lowest BCUT2D eigenvalue weighted by Crippen LogP contribution is -2.48. The van der Waals surface area contributed by atoms with Gasteiger partial charge in [-0.25, -0.2) is 9.97 Å². The van der Waals surface area contributed by atoms with Crippen LogP contribution >= 0.6 is 12.2 Å². The van der Waals surface area contributed by atoms with Crippen LogP contribution in [0.15, 0.2) is 30.6 Å². The molecule has 0 unspecified atom stereocenters. The van der Waals surface area contributed by atoms with Crippen LogP contribution in [0, 0.1) is 0 Å². The van der Waals surface area contributed by atoms with Crippen molar-refractivity contribution < 1.29 is 0 Å². The molecule has 30 heavy (non-hydrogen) atoms. The van der Waals surface area contributed by atoms with E-state index in [0.29, 0.717) is 12.0 Å². The van der Waals surface area contributed by atoms with Gasteiger partial charge in [-0.2, -0.15) is 4.98 Å². The van der Waals surface area contributed by atoms with Crippen LogP contribution in [0.2, 0.25) is 0 Å². The topological polar surface area (TPSA) is 62.1 Å². The number of fused-ring (bicyclic) bond motifs is 3. The van der Waals surface area contributed by atoms with E-state index >= 15 is 0 Å². The molecule has 0 bridgehead atoms. The maximum atomic E-state index is 5.52. The van der Waals surface area contributed by atoms with Crippen molar-refractivity contribution in [3.05, 3.63) is 36.3 Å². The summed E-state index contributed by atoms with van der Waals surface area (Å²) in [6.07, 6.45) is 5.84. The molecule has 2 aliphatic heterocycles. The monoisotopic (exact) mass is 421 g/mol. The summed E-state index contributed by atoms with van der Waals surface area (Å²) in [7, 11) is 0. The first kappa shape index (κ1) is 19.4. The van der Waals surface area contributed by atoms with Crippen LogP contribution in [0.25, 0.3) is 11.0 Å². The lowest BCUT2D eigenvalue weighted by Gasteiger charge is -2.38. The Hall–Kier alpha value is -2.58. The van der Waals surface area contributed by atoms with Gasteiger partial charge < -0.3 is 14.8 Å². The minimum atomic E-state index is 0.561. The zero-order valence-corrected chi connectivity index (χ0v) is 18.3. The number of nitrogens with one attached hydrogen (secondary N) is 1. The third-order valence-electron chi connectivity index (χ3n) is 6.10. The molecule has 1 saturated heterocycles. The Kier molecular flexibility index (Phi) is 5.12. The molecule has 2 aliphatic rings. The normalized spacial score (nSPS) is 17.6. The number of aromatic nitrogens is 4. The molecule has 3 aromatic heterocycles. The van der Waals surface area contributed by atoms with Crippen LogP contribution in [0.5, 0.6) is 0 Å². The van der Waals surface area contributed by atoms with Crippen LogP contribution in [0.1, 0.15) is 32.4 Å². The van der Waals surface area contributed by atoms with Crippen molar-refractivity contribution in [3.8, 4) is 0 Å². The second-order valence-corrected chi connectivity index (χ2v) is 8.82. The third kappa shape index (κ3) is 3.65. The van der Waals surface area contributed by atoms with Gasteiger partial charge in [-0.15, -0.1) is 0 Å². The molecule has 0 amide bonds. The molecule has 1 fully saturated rings. The minimum absolute atomic E-state index is 0.561. The van der Waals surface area contributed by atoms with Gasteiger partial charge in [0.1, 0.15) is 11.5 Å². The summed E-state index contributed by atoms with van der Waals surface area (Å²) in [5.41, 5.74) is 3.21. The summed E-state index contributed by atoms with van der Waals surface area (Å²) in [6, 6.07) is 6.83. The number of anilines is 3. The van der Waals surface area contributed by atoms with Crippen molar-refractivity contribution in [2.45, 2.75) is 39.3 Å². The number of aryl methyl sites for hydroxylation is 1. The van der Waals surface area contributed by atoms with Crippen molar-refractivity contribution in [1.29, 1.82) is 0 Å². The van der Waals surface area contributed by atoms with Crippen LogP contribution in [0.3, 0.4) is 0 Å². The van der Waals surface area contributed by atoms with Gasteiger partial charge >= 0.3 is 0 Å². The summed E-state index contributed by atoms with van der Waals surface area (Å²) >= 11 is 5.52. The van der Waals surface area contributed by atoms with E-state index in [2.05, 4.69) is 55.6 Å². The van der Waals surface area contributed by atoms with E-state index in [0.717, 1.165) is 78.7 Å². The zero-order valence-electron chi connectivity index (χ0n) is 17.5. The van der Waals surface area contributed by atoms with E-state index in [4.69, 9.17) is 17.2 Å². The van der Waals surface area contributed by atoms with Crippen LogP contribution in [-0.2, 0) is 6.54 Å². The third-order valence-corrected chi connectivity index (χ3v) is 6.52. The van der Waals surface area contributed by atoms with Crippen molar-refractivity contribution >= 4 is 45.6 Å². The Morgan fingerprint density at radius 2 is 1.87 bits per heavy atom. The standard InChI is InChI=1S/C22H27N7S/c1-15(2)27-8-10-28(11-9-27)17-5-6-20(23-14-17)25-22-24-13-16-12-18-19(30)4-3-7-29(18)21(16)26-22/h5-6,12-15H,3-4,7-11H2,1-2H3,(H,23,24,25,26). The van der Waals surface area contributed by atoms with Crippen LogP contribution in [0.4, 0.5) is 17.5 Å². The highest BCUT2D eigenvalue weighted by atomic mass is 32.1. The van der Waals surface area contributed by atoms with Crippen LogP contribution < -0.4 is 10.2 Å². The Balaban J connectivity index is 1.30. The predicted molar refractivity (Wildman–Crippen MR) is 125 cm³/mol. The maximum absolute atomic E-state index is 5.52. The Morgan fingerprint density at radius 1 is 1.03 bits per heavy atom. The molecule has 1 N–H and O–H groups in total. The average Bonchev–Trinajstić information content (AvgIpc) is 3.14. The molecule has 0 radical (unpaired) electrons. The molecule has 0 aromatic carbocycles. The van der Waals surface area contributed by atoms with Gasteiger partial charge in [-0.05, 0) is 44.9 Å². The largest absolute Gasteiger partial charge is 0.368 e. The Morgan fingerprint density at radius 3 is 2.60 bits per heavy atom. The molecular weight excluding hydrogens is 394 g/mol. The van der Waals surface area contributed by atoms with Gasteiger partial charge in [-0.3, -0.25) is 4.90 Å². The zero-order chi connectivity index (χ0) is 20.7. The highest BCUT2D eigenvalue weighted by Crippen LogP contribution is 2.26. The quantitative estimate of drug-likeness (QED) is 0.646. The Bertz CT molecular complexity index is 1070. The highest BCUT2D eigenvalue weighted by molar-refractivity contribution is 7.80. The van der Waals surface area contributed by atoms with Gasteiger partial charge in [0.2, 0.25) is 5.95 Å². The van der Waals surface area contributed by atoms with Gasteiger partial charge in [0.15, 0.2) is 0 Å². The molecule has 0 spiro atoms. The molecule has 5 rings (SSSR count). The van der Waals surface area contributed by atoms with Crippen molar-refractivity contribution in [2.75, 3.05) is 36.4 Å². The highest BCUT2D eigenvalue weighted by Gasteiger charge is 2.20. The fraction of sp³-hybridized carbons (Fsp3) is 0.455. The van der Waals surface area contributed by atoms with Gasteiger partial charge in [0, 0.05) is 55.2 Å². The number of piperazine rings is 1. The smallest absolute Gasteiger partial charge is 0.230 e. The molecule has 7 nitrogen and oxygen atoms in total. The molecule has 8 heteroatoms. The first-order chi connectivity index (χ1) is 14.6. The molecule has 0 atom stereocenters. The predicted octanol–water partition coefficient (Wildman–Crippen LogP) is 3.61. The molecule has 156 valence electrons. The van der Waals surface area contributed by atoms with E-state index in [9.17, 15) is 0 Å². The van der Waals surface area contributed by atoms with E-state index in [1.54, 1.807) is 0 Å². The number of pyridine rings is 1. The van der Waals surface area contributed by atoms with Crippen molar-refractivity contribution in [2.24, 2.45) is 0 Å². The molecule has 0 saturated carbocycles. The van der Waals surface area contributed by atoms with Crippen molar-refractivity contribution in [3.63, 3.8) is 0 Å². The van der Waals surface area contributed by atoms with Gasteiger partial charge in [0.05, 0.1) is 17.6 Å². The lowest BCUT2D eigenvalue weighted by atomic mass is 10.1. The second kappa shape index (κ2) is 7.92. The first-order valence-electron chi connectivity index (χ1n) is 10.7. The summed E-state index contributed by atoms with van der Waals surface area (Å²) in [4.78, 5) is 19.7. The second-order valence-electron chi connectivity index (χ2n) is 8.32. The number of thiocarbonyl (C=S) groups is 1. The van der Waals surface area contributed by atoms with E-state index in [1.165, 1.54) is 0 Å².